The number of carbonyl (C=O) groups is 1. The topological polar surface area (TPSA) is 120 Å². The van der Waals surface area contributed by atoms with E-state index in [2.05, 4.69) is 22.0 Å². The van der Waals surface area contributed by atoms with Crippen LogP contribution in [-0.4, -0.2) is 50.8 Å². The number of hydrogen-bond donors (Lipinski definition) is 2. The van der Waals surface area contributed by atoms with Gasteiger partial charge >= 0.3 is 0 Å². The van der Waals surface area contributed by atoms with Crippen LogP contribution in [0.15, 0.2) is 31.2 Å². The molecule has 31 heavy (non-hydrogen) atoms. The molecule has 2 aliphatic heterocycles. The van der Waals surface area contributed by atoms with Gasteiger partial charge in [0.25, 0.3) is 0 Å². The van der Waals surface area contributed by atoms with Crippen molar-refractivity contribution in [3.05, 3.63) is 48.2 Å². The Labute approximate surface area is 176 Å². The first-order chi connectivity index (χ1) is 14.9. The molecule has 3 aromatic heterocycles. The molecule has 2 atom stereocenters. The lowest BCUT2D eigenvalue weighted by molar-refractivity contribution is -0.120. The number of rotatable bonds is 1. The van der Waals surface area contributed by atoms with Crippen LogP contribution >= 0.6 is 0 Å². The summed E-state index contributed by atoms with van der Waals surface area (Å²) in [7, 11) is 0. The van der Waals surface area contributed by atoms with Crippen LogP contribution in [0.4, 0.5) is 10.2 Å². The van der Waals surface area contributed by atoms with Crippen LogP contribution in [0.2, 0.25) is 0 Å². The van der Waals surface area contributed by atoms with Gasteiger partial charge in [0.2, 0.25) is 11.8 Å². The highest BCUT2D eigenvalue weighted by atomic mass is 19.1. The largest absolute Gasteiger partial charge is 0.485 e. The Morgan fingerprint density at radius 1 is 1.35 bits per heavy atom. The van der Waals surface area contributed by atoms with Gasteiger partial charge in [-0.2, -0.15) is 5.10 Å². The third kappa shape index (κ3) is 3.27. The number of hydrogen-bond acceptors (Lipinski definition) is 8. The molecule has 0 spiro atoms. The zero-order chi connectivity index (χ0) is 21.7. The maximum absolute atomic E-state index is 14.0. The van der Waals surface area contributed by atoms with E-state index in [1.165, 1.54) is 6.07 Å². The van der Waals surface area contributed by atoms with E-state index >= 15 is 0 Å². The van der Waals surface area contributed by atoms with Crippen LogP contribution in [0.3, 0.4) is 0 Å². The zero-order valence-corrected chi connectivity index (χ0v) is 16.7. The monoisotopic (exact) mass is 425 g/mol. The van der Waals surface area contributed by atoms with Gasteiger partial charge in [-0.15, -0.1) is 0 Å². The first kappa shape index (κ1) is 19.1. The molecular formula is C20H20FN7O3. The number of nitrogens with two attached hydrogens (primary N) is 1. The van der Waals surface area contributed by atoms with Gasteiger partial charge in [-0.25, -0.2) is 18.9 Å². The summed E-state index contributed by atoms with van der Waals surface area (Å²) in [5.74, 6) is -0.0261. The summed E-state index contributed by atoms with van der Waals surface area (Å²) >= 11 is 0. The lowest BCUT2D eigenvalue weighted by Crippen LogP contribution is -2.51. The Hall–Kier alpha value is -3.89. The summed E-state index contributed by atoms with van der Waals surface area (Å²) in [5.41, 5.74) is 7.93. The van der Waals surface area contributed by atoms with E-state index in [-0.39, 0.29) is 31.7 Å². The number of anilines is 1. The standard InChI is InChI=1S/C20H20FN7O3/c1-10-8-31-20-12(3-13(21)4-23-20)6-27-15(17(22)29)9-30-16-7-28-18(26-19(16)27)14(5-24-28)11(2)25-10/h3-5,7,10,15,25H,2,6,8-9H2,1H3,(H2,22,29)/t10-,15+/m1/s1. The lowest BCUT2D eigenvalue weighted by Gasteiger charge is -2.35. The number of halogens is 1. The summed E-state index contributed by atoms with van der Waals surface area (Å²) in [5, 5.41) is 7.60. The fraction of sp³-hybridized carbons (Fsp3) is 0.300. The van der Waals surface area contributed by atoms with Crippen molar-refractivity contribution in [1.82, 2.24) is 24.9 Å². The third-order valence-electron chi connectivity index (χ3n) is 5.26. The number of nitrogens with zero attached hydrogens (tertiary/aromatic N) is 5. The molecule has 160 valence electrons. The molecular weight excluding hydrogens is 405 g/mol. The van der Waals surface area contributed by atoms with Gasteiger partial charge in [-0.1, -0.05) is 6.58 Å². The summed E-state index contributed by atoms with van der Waals surface area (Å²) in [6.45, 7) is 6.40. The summed E-state index contributed by atoms with van der Waals surface area (Å²) < 4.78 is 27.2. The second kappa shape index (κ2) is 7.11. The maximum Gasteiger partial charge on any atom is 0.243 e. The molecule has 3 aromatic rings. The highest BCUT2D eigenvalue weighted by Gasteiger charge is 2.35. The number of ether oxygens (including phenoxy) is 2. The predicted molar refractivity (Wildman–Crippen MR) is 109 cm³/mol. The Bertz CT molecular complexity index is 1210. The molecule has 2 aliphatic rings. The second-order valence-corrected chi connectivity index (χ2v) is 7.57. The van der Waals surface area contributed by atoms with E-state index < -0.39 is 17.8 Å². The third-order valence-corrected chi connectivity index (χ3v) is 5.26. The molecule has 0 radical (unpaired) electrons. The summed E-state index contributed by atoms with van der Waals surface area (Å²) in [6, 6.07) is 0.389. The summed E-state index contributed by atoms with van der Waals surface area (Å²) in [6.07, 6.45) is 4.42. The maximum atomic E-state index is 14.0. The highest BCUT2D eigenvalue weighted by molar-refractivity contribution is 5.85. The first-order valence-corrected chi connectivity index (χ1v) is 9.71. The molecule has 1 amide bonds. The quantitative estimate of drug-likeness (QED) is 0.589. The molecule has 0 fully saturated rings. The van der Waals surface area contributed by atoms with Crippen molar-refractivity contribution >= 4 is 23.1 Å². The molecule has 2 bridgehead atoms. The average Bonchev–Trinajstić information content (AvgIpc) is 3.14. The molecule has 0 saturated heterocycles. The van der Waals surface area contributed by atoms with Gasteiger partial charge in [0.05, 0.1) is 36.7 Å². The number of carbonyl (C=O) groups excluding carboxylic acids is 1. The van der Waals surface area contributed by atoms with E-state index in [1.807, 2.05) is 6.92 Å². The van der Waals surface area contributed by atoms with Crippen molar-refractivity contribution < 1.29 is 18.7 Å². The first-order valence-electron chi connectivity index (χ1n) is 9.71. The Morgan fingerprint density at radius 3 is 3.00 bits per heavy atom. The molecule has 11 heteroatoms. The summed E-state index contributed by atoms with van der Waals surface area (Å²) in [4.78, 5) is 22.7. The molecule has 3 N–H and O–H groups in total. The minimum Gasteiger partial charge on any atom is -0.485 e. The minimum atomic E-state index is -0.810. The van der Waals surface area contributed by atoms with Crippen molar-refractivity contribution in [3.63, 3.8) is 0 Å². The smallest absolute Gasteiger partial charge is 0.243 e. The number of pyridine rings is 1. The van der Waals surface area contributed by atoms with Gasteiger partial charge in [0.15, 0.2) is 17.2 Å². The molecule has 5 heterocycles. The number of nitrogens with one attached hydrogen (secondary N) is 1. The molecule has 0 aliphatic carbocycles. The van der Waals surface area contributed by atoms with E-state index in [0.717, 1.165) is 6.20 Å². The fourth-order valence-electron chi connectivity index (χ4n) is 3.75. The molecule has 10 nitrogen and oxygen atoms in total. The SMILES string of the molecule is C=C1N[C@H](C)COc2ncc(F)cc2CN2c3nc4c1cnn4cc3OC[C@H]2C(N)=O. The Balaban J connectivity index is 1.72. The van der Waals surface area contributed by atoms with Crippen LogP contribution in [0.1, 0.15) is 18.1 Å². The van der Waals surface area contributed by atoms with Gasteiger partial charge in [0.1, 0.15) is 25.1 Å². The van der Waals surface area contributed by atoms with Gasteiger partial charge in [-0.3, -0.25) is 4.79 Å². The average molecular weight is 425 g/mol. The van der Waals surface area contributed by atoms with E-state index in [0.29, 0.717) is 34.0 Å². The fourth-order valence-corrected chi connectivity index (χ4v) is 3.75. The normalized spacial score (nSPS) is 20.6. The molecule has 5 rings (SSSR count). The van der Waals surface area contributed by atoms with Crippen LogP contribution in [0.25, 0.3) is 11.3 Å². The van der Waals surface area contributed by atoms with Crippen molar-refractivity contribution in [2.24, 2.45) is 5.73 Å². The number of primary amides is 1. The molecule has 0 unspecified atom stereocenters. The van der Waals surface area contributed by atoms with Crippen LogP contribution < -0.4 is 25.4 Å². The number of aromatic nitrogens is 4. The molecule has 0 saturated carbocycles. The van der Waals surface area contributed by atoms with Crippen LogP contribution in [-0.2, 0) is 11.3 Å². The van der Waals surface area contributed by atoms with Crippen molar-refractivity contribution in [1.29, 1.82) is 0 Å². The van der Waals surface area contributed by atoms with Gasteiger partial charge in [0, 0.05) is 11.3 Å². The predicted octanol–water partition coefficient (Wildman–Crippen LogP) is 0.857. The van der Waals surface area contributed by atoms with Crippen LogP contribution in [0.5, 0.6) is 11.6 Å². The Morgan fingerprint density at radius 2 is 2.19 bits per heavy atom. The van der Waals surface area contributed by atoms with E-state index in [1.54, 1.807) is 21.8 Å². The zero-order valence-electron chi connectivity index (χ0n) is 16.7. The van der Waals surface area contributed by atoms with Crippen molar-refractivity contribution in [2.75, 3.05) is 18.1 Å². The van der Waals surface area contributed by atoms with Gasteiger partial charge < -0.3 is 25.4 Å². The lowest BCUT2D eigenvalue weighted by atomic mass is 10.1. The van der Waals surface area contributed by atoms with Crippen molar-refractivity contribution in [2.45, 2.75) is 25.6 Å². The Kier molecular flexibility index (Phi) is 4.38. The second-order valence-electron chi connectivity index (χ2n) is 7.57. The van der Waals surface area contributed by atoms with Crippen molar-refractivity contribution in [3.8, 4) is 11.6 Å². The minimum absolute atomic E-state index is 0.0217. The van der Waals surface area contributed by atoms with E-state index in [9.17, 15) is 9.18 Å². The molecule has 0 aromatic carbocycles. The van der Waals surface area contributed by atoms with E-state index in [4.69, 9.17) is 20.2 Å². The van der Waals surface area contributed by atoms with Crippen LogP contribution in [0, 0.1) is 5.82 Å². The highest BCUT2D eigenvalue weighted by Crippen LogP contribution is 2.35. The van der Waals surface area contributed by atoms with Gasteiger partial charge in [-0.05, 0) is 13.0 Å². The number of amides is 1. The number of fused-ring (bicyclic) bond motifs is 1.